The van der Waals surface area contributed by atoms with Gasteiger partial charge in [0.25, 0.3) is 0 Å². The molecule has 96 valence electrons. The topological polar surface area (TPSA) is 23.5 Å². The smallest absolute Gasteiger partial charge is 0.0702 e. The van der Waals surface area contributed by atoms with E-state index in [1.807, 2.05) is 31.3 Å². The molecule has 0 saturated carbocycles. The van der Waals surface area contributed by atoms with Gasteiger partial charge in [0.2, 0.25) is 0 Å². The molecule has 0 aliphatic rings. The van der Waals surface area contributed by atoms with Crippen LogP contribution >= 0.6 is 22.9 Å². The molecule has 0 spiro atoms. The Morgan fingerprint density at radius 1 is 1.33 bits per heavy atom. The van der Waals surface area contributed by atoms with Gasteiger partial charge in [-0.25, -0.2) is 0 Å². The Morgan fingerprint density at radius 3 is 2.72 bits per heavy atom. The summed E-state index contributed by atoms with van der Waals surface area (Å²) in [5.41, 5.74) is 1.76. The van der Waals surface area contributed by atoms with E-state index in [0.29, 0.717) is 5.02 Å². The summed E-state index contributed by atoms with van der Waals surface area (Å²) in [4.78, 5) is 3.39. The Labute approximate surface area is 116 Å². The number of rotatable bonds is 4. The summed E-state index contributed by atoms with van der Waals surface area (Å²) in [6.45, 7) is 2.13. The lowest BCUT2D eigenvalue weighted by molar-refractivity contribution is 0.282. The van der Waals surface area contributed by atoms with E-state index in [2.05, 4.69) is 23.3 Å². The van der Waals surface area contributed by atoms with Crippen molar-refractivity contribution in [2.45, 2.75) is 19.6 Å². The summed E-state index contributed by atoms with van der Waals surface area (Å²) in [7, 11) is 2.00. The quantitative estimate of drug-likeness (QED) is 0.912. The van der Waals surface area contributed by atoms with Crippen molar-refractivity contribution in [2.75, 3.05) is 11.9 Å². The van der Waals surface area contributed by atoms with Gasteiger partial charge in [-0.05, 0) is 24.4 Å². The lowest BCUT2D eigenvalue weighted by Gasteiger charge is -2.29. The largest absolute Gasteiger partial charge is 0.392 e. The first kappa shape index (κ1) is 13.4. The molecule has 1 atom stereocenters. The van der Waals surface area contributed by atoms with Gasteiger partial charge < -0.3 is 10.0 Å². The summed E-state index contributed by atoms with van der Waals surface area (Å²) in [5, 5.41) is 12.2. The molecular formula is C14H16ClNOS. The van der Waals surface area contributed by atoms with Crippen molar-refractivity contribution in [2.24, 2.45) is 0 Å². The second-order valence-electron chi connectivity index (χ2n) is 4.21. The Morgan fingerprint density at radius 2 is 2.11 bits per heavy atom. The highest BCUT2D eigenvalue weighted by Gasteiger charge is 2.18. The van der Waals surface area contributed by atoms with E-state index in [4.69, 9.17) is 11.6 Å². The number of aliphatic hydroxyl groups excluding tert-OH is 1. The molecule has 2 aromatic rings. The van der Waals surface area contributed by atoms with E-state index in [1.165, 1.54) is 4.88 Å². The molecule has 0 radical (unpaired) electrons. The van der Waals surface area contributed by atoms with Crippen LogP contribution in [0.4, 0.5) is 5.69 Å². The van der Waals surface area contributed by atoms with Crippen LogP contribution in [-0.4, -0.2) is 12.2 Å². The number of nitrogens with zero attached hydrogens (tertiary/aromatic N) is 1. The maximum absolute atomic E-state index is 9.42. The van der Waals surface area contributed by atoms with E-state index < -0.39 is 0 Å². The third-order valence-corrected chi connectivity index (χ3v) is 4.48. The summed E-state index contributed by atoms with van der Waals surface area (Å²) in [6, 6.07) is 10.0. The van der Waals surface area contributed by atoms with Crippen molar-refractivity contribution in [3.8, 4) is 0 Å². The number of hydrogen-bond donors (Lipinski definition) is 1. The minimum atomic E-state index is -0.00259. The highest BCUT2D eigenvalue weighted by atomic mass is 35.5. The number of benzene rings is 1. The van der Waals surface area contributed by atoms with Gasteiger partial charge in [-0.3, -0.25) is 0 Å². The first-order valence-electron chi connectivity index (χ1n) is 5.79. The molecule has 1 unspecified atom stereocenters. The summed E-state index contributed by atoms with van der Waals surface area (Å²) >= 11 is 7.99. The number of aliphatic hydroxyl groups is 1. The van der Waals surface area contributed by atoms with Gasteiger partial charge in [0.15, 0.2) is 0 Å². The average molecular weight is 282 g/mol. The fourth-order valence-corrected chi connectivity index (χ4v) is 3.15. The molecule has 0 saturated heterocycles. The van der Waals surface area contributed by atoms with E-state index in [1.54, 1.807) is 11.3 Å². The molecule has 2 nitrogen and oxygen atoms in total. The third-order valence-electron chi connectivity index (χ3n) is 3.13. The van der Waals surface area contributed by atoms with Crippen LogP contribution in [0.1, 0.15) is 23.4 Å². The Kier molecular flexibility index (Phi) is 4.27. The van der Waals surface area contributed by atoms with Crippen LogP contribution in [0, 0.1) is 0 Å². The van der Waals surface area contributed by atoms with Gasteiger partial charge in [-0.2, -0.15) is 0 Å². The van der Waals surface area contributed by atoms with Crippen LogP contribution in [0.2, 0.25) is 5.02 Å². The van der Waals surface area contributed by atoms with E-state index >= 15 is 0 Å². The van der Waals surface area contributed by atoms with Crippen molar-refractivity contribution in [1.82, 2.24) is 0 Å². The van der Waals surface area contributed by atoms with Crippen LogP contribution in [0.5, 0.6) is 0 Å². The average Bonchev–Trinajstić information content (AvgIpc) is 2.90. The lowest BCUT2D eigenvalue weighted by atomic mass is 10.1. The van der Waals surface area contributed by atoms with Crippen molar-refractivity contribution in [3.05, 3.63) is 51.2 Å². The molecular weight excluding hydrogens is 266 g/mol. The number of halogens is 1. The Bertz CT molecular complexity index is 513. The molecule has 4 heteroatoms. The Hall–Kier alpha value is -1.03. The standard InChI is InChI=1S/C14H16ClNOS/c1-10(13-7-4-8-18-13)16(2)14-11(9-17)5-3-6-12(14)15/h3-8,10,17H,9H2,1-2H3. The highest BCUT2D eigenvalue weighted by molar-refractivity contribution is 7.10. The fraction of sp³-hybridized carbons (Fsp3) is 0.286. The van der Waals surface area contributed by atoms with Crippen molar-refractivity contribution in [3.63, 3.8) is 0 Å². The second kappa shape index (κ2) is 5.74. The van der Waals surface area contributed by atoms with Crippen LogP contribution < -0.4 is 4.90 Å². The zero-order valence-electron chi connectivity index (χ0n) is 10.4. The maximum Gasteiger partial charge on any atom is 0.0702 e. The molecule has 1 aromatic carbocycles. The van der Waals surface area contributed by atoms with E-state index in [0.717, 1.165) is 11.3 Å². The molecule has 1 heterocycles. The van der Waals surface area contributed by atoms with Gasteiger partial charge in [0, 0.05) is 17.5 Å². The lowest BCUT2D eigenvalue weighted by Crippen LogP contribution is -2.22. The van der Waals surface area contributed by atoms with Crippen molar-refractivity contribution >= 4 is 28.6 Å². The molecule has 2 rings (SSSR count). The van der Waals surface area contributed by atoms with E-state index in [-0.39, 0.29) is 12.6 Å². The summed E-state index contributed by atoms with van der Waals surface area (Å²) in [5.74, 6) is 0. The van der Waals surface area contributed by atoms with Crippen LogP contribution in [0.3, 0.4) is 0 Å². The van der Waals surface area contributed by atoms with Crippen LogP contribution in [0.15, 0.2) is 35.7 Å². The molecule has 0 bridgehead atoms. The SMILES string of the molecule is CC(c1cccs1)N(C)c1c(Cl)cccc1CO. The zero-order valence-corrected chi connectivity index (χ0v) is 12.0. The molecule has 18 heavy (non-hydrogen) atoms. The number of hydrogen-bond acceptors (Lipinski definition) is 3. The zero-order chi connectivity index (χ0) is 13.1. The molecule has 0 fully saturated rings. The number of para-hydroxylation sites is 1. The van der Waals surface area contributed by atoms with Crippen molar-refractivity contribution < 1.29 is 5.11 Å². The summed E-state index contributed by atoms with van der Waals surface area (Å²) < 4.78 is 0. The minimum Gasteiger partial charge on any atom is -0.392 e. The van der Waals surface area contributed by atoms with Crippen LogP contribution in [-0.2, 0) is 6.61 Å². The summed E-state index contributed by atoms with van der Waals surface area (Å²) in [6.07, 6.45) is 0. The predicted octanol–water partition coefficient (Wildman–Crippen LogP) is 4.09. The Balaban J connectivity index is 2.36. The molecule has 0 aliphatic heterocycles. The van der Waals surface area contributed by atoms with Gasteiger partial charge in [-0.1, -0.05) is 29.8 Å². The first-order chi connectivity index (χ1) is 8.65. The van der Waals surface area contributed by atoms with Gasteiger partial charge in [0.05, 0.1) is 23.4 Å². The first-order valence-corrected chi connectivity index (χ1v) is 7.05. The monoisotopic (exact) mass is 281 g/mol. The van der Waals surface area contributed by atoms with Gasteiger partial charge in [-0.15, -0.1) is 11.3 Å². The van der Waals surface area contributed by atoms with Gasteiger partial charge in [0.1, 0.15) is 0 Å². The molecule has 1 N–H and O–H groups in total. The van der Waals surface area contributed by atoms with Crippen molar-refractivity contribution in [1.29, 1.82) is 0 Å². The highest BCUT2D eigenvalue weighted by Crippen LogP contribution is 2.35. The third kappa shape index (κ3) is 2.53. The number of thiophene rings is 1. The van der Waals surface area contributed by atoms with Gasteiger partial charge >= 0.3 is 0 Å². The number of anilines is 1. The predicted molar refractivity (Wildman–Crippen MR) is 78.5 cm³/mol. The van der Waals surface area contributed by atoms with Crippen LogP contribution in [0.25, 0.3) is 0 Å². The fourth-order valence-electron chi connectivity index (χ4n) is 2.00. The molecule has 0 aliphatic carbocycles. The second-order valence-corrected chi connectivity index (χ2v) is 5.59. The minimum absolute atomic E-state index is 0.00259. The maximum atomic E-state index is 9.42. The molecule has 0 amide bonds. The molecule has 1 aromatic heterocycles. The normalized spacial score (nSPS) is 12.4. The van der Waals surface area contributed by atoms with E-state index in [9.17, 15) is 5.11 Å².